The molecule has 0 saturated carbocycles. The third-order valence-corrected chi connectivity index (χ3v) is 5.60. The van der Waals surface area contributed by atoms with Crippen molar-refractivity contribution in [1.29, 1.82) is 0 Å². The molecule has 0 spiro atoms. The first-order valence-corrected chi connectivity index (χ1v) is 10.9. The fourth-order valence-electron chi connectivity index (χ4n) is 3.79. The molecule has 8 nitrogen and oxygen atoms in total. The number of aliphatic hydroxyl groups is 1. The molecule has 0 amide bonds. The van der Waals surface area contributed by atoms with Crippen molar-refractivity contribution >= 4 is 24.1 Å². The molecular formula is C26H26O8. The van der Waals surface area contributed by atoms with Crippen molar-refractivity contribution in [2.24, 2.45) is 0 Å². The van der Waals surface area contributed by atoms with Crippen LogP contribution in [-0.2, 0) is 35.1 Å². The van der Waals surface area contributed by atoms with Gasteiger partial charge in [-0.05, 0) is 41.0 Å². The Balaban J connectivity index is 1.26. The molecule has 1 N–H and O–H groups in total. The van der Waals surface area contributed by atoms with Gasteiger partial charge in [0, 0.05) is 12.2 Å². The molecule has 2 aromatic rings. The lowest BCUT2D eigenvalue weighted by atomic mass is 10.1. The number of aliphatic hydroxyl groups excluding tert-OH is 1. The highest BCUT2D eigenvalue weighted by molar-refractivity contribution is 5.87. The summed E-state index contributed by atoms with van der Waals surface area (Å²) in [5.74, 6) is -0.300. The average Bonchev–Trinajstić information content (AvgIpc) is 3.45. The second-order valence-electron chi connectivity index (χ2n) is 7.89. The summed E-state index contributed by atoms with van der Waals surface area (Å²) in [6, 6.07) is 14.4. The van der Waals surface area contributed by atoms with Crippen LogP contribution < -0.4 is 4.74 Å². The quantitative estimate of drug-likeness (QED) is 0.468. The van der Waals surface area contributed by atoms with Gasteiger partial charge < -0.3 is 28.8 Å². The number of hydrogen-bond acceptors (Lipinski definition) is 8. The number of rotatable bonds is 8. The van der Waals surface area contributed by atoms with Crippen LogP contribution in [0.3, 0.4) is 0 Å². The van der Waals surface area contributed by atoms with E-state index in [0.29, 0.717) is 0 Å². The van der Waals surface area contributed by atoms with E-state index in [0.717, 1.165) is 22.4 Å². The molecule has 0 aliphatic carbocycles. The van der Waals surface area contributed by atoms with Crippen molar-refractivity contribution < 1.29 is 38.4 Å². The SMILES string of the molecule is COc1ccc(/C=C\C(=O)O[C@@H]2CO[C@H]3[C@@H]2OC[C@H]3OC(=O)/C=C\c2ccc(CO)cc2)cc1. The normalized spacial score (nSPS) is 23.8. The van der Waals surface area contributed by atoms with E-state index in [2.05, 4.69) is 0 Å². The Morgan fingerprint density at radius 2 is 1.32 bits per heavy atom. The van der Waals surface area contributed by atoms with E-state index in [1.165, 1.54) is 12.2 Å². The van der Waals surface area contributed by atoms with Crippen LogP contribution in [0.5, 0.6) is 5.75 Å². The Morgan fingerprint density at radius 3 is 1.76 bits per heavy atom. The van der Waals surface area contributed by atoms with E-state index < -0.39 is 36.4 Å². The Labute approximate surface area is 197 Å². The minimum Gasteiger partial charge on any atom is -0.497 e. The number of carbonyl (C=O) groups is 2. The first-order valence-electron chi connectivity index (χ1n) is 10.9. The van der Waals surface area contributed by atoms with Crippen LogP contribution in [0.25, 0.3) is 12.2 Å². The van der Waals surface area contributed by atoms with E-state index in [9.17, 15) is 9.59 Å². The molecule has 4 rings (SSSR count). The zero-order valence-electron chi connectivity index (χ0n) is 18.7. The van der Waals surface area contributed by atoms with Crippen molar-refractivity contribution in [2.75, 3.05) is 20.3 Å². The molecule has 2 aliphatic rings. The second-order valence-corrected chi connectivity index (χ2v) is 7.89. The van der Waals surface area contributed by atoms with Crippen LogP contribution in [0.15, 0.2) is 60.7 Å². The summed E-state index contributed by atoms with van der Waals surface area (Å²) in [5.41, 5.74) is 2.43. The molecular weight excluding hydrogens is 440 g/mol. The number of esters is 2. The van der Waals surface area contributed by atoms with Crippen molar-refractivity contribution in [3.8, 4) is 5.75 Å². The van der Waals surface area contributed by atoms with Gasteiger partial charge in [0.25, 0.3) is 0 Å². The number of ether oxygens (including phenoxy) is 5. The lowest BCUT2D eigenvalue weighted by Crippen LogP contribution is -2.35. The third kappa shape index (κ3) is 5.91. The molecule has 2 aliphatic heterocycles. The summed E-state index contributed by atoms with van der Waals surface area (Å²) in [4.78, 5) is 24.5. The maximum atomic E-state index is 12.3. The lowest BCUT2D eigenvalue weighted by molar-refractivity contribution is -0.149. The first kappa shape index (κ1) is 23.7. The number of benzene rings is 2. The van der Waals surface area contributed by atoms with Crippen LogP contribution in [-0.4, -0.2) is 61.8 Å². The van der Waals surface area contributed by atoms with Crippen LogP contribution >= 0.6 is 0 Å². The van der Waals surface area contributed by atoms with E-state index in [1.54, 1.807) is 55.7 Å². The molecule has 2 saturated heterocycles. The van der Waals surface area contributed by atoms with Gasteiger partial charge in [-0.25, -0.2) is 9.59 Å². The van der Waals surface area contributed by atoms with Gasteiger partial charge in [-0.3, -0.25) is 0 Å². The molecule has 2 heterocycles. The zero-order chi connectivity index (χ0) is 23.9. The molecule has 2 aromatic carbocycles. The Bertz CT molecular complexity index is 956. The monoisotopic (exact) mass is 466 g/mol. The molecule has 4 atom stereocenters. The molecule has 0 bridgehead atoms. The smallest absolute Gasteiger partial charge is 0.331 e. The standard InChI is InChI=1S/C26H26O8/c1-30-20-10-6-18(7-11-20)9-13-24(29)34-22-16-32-25-21(15-31-26(22)25)33-23(28)12-8-17-2-4-19(14-27)5-3-17/h2-13,21-22,25-27H,14-16H2,1H3/b12-8-,13-9-/t21-,22-,25-,26-/m1/s1. The number of carbonyl (C=O) groups excluding carboxylic acids is 2. The predicted molar refractivity (Wildman–Crippen MR) is 123 cm³/mol. The minimum atomic E-state index is -0.586. The molecule has 34 heavy (non-hydrogen) atoms. The van der Waals surface area contributed by atoms with Gasteiger partial charge in [0.05, 0.1) is 26.9 Å². The first-order chi connectivity index (χ1) is 16.6. The average molecular weight is 466 g/mol. The van der Waals surface area contributed by atoms with Crippen LogP contribution in [0.4, 0.5) is 0 Å². The molecule has 0 aromatic heterocycles. The van der Waals surface area contributed by atoms with E-state index >= 15 is 0 Å². The highest BCUT2D eigenvalue weighted by Crippen LogP contribution is 2.31. The molecule has 2 fully saturated rings. The van der Waals surface area contributed by atoms with Gasteiger partial charge in [0.15, 0.2) is 12.2 Å². The highest BCUT2D eigenvalue weighted by atomic mass is 16.7. The highest BCUT2D eigenvalue weighted by Gasteiger charge is 2.50. The van der Waals surface area contributed by atoms with E-state index in [-0.39, 0.29) is 19.8 Å². The van der Waals surface area contributed by atoms with E-state index in [4.69, 9.17) is 28.8 Å². The summed E-state index contributed by atoms with van der Waals surface area (Å²) in [5, 5.41) is 9.09. The fourth-order valence-corrected chi connectivity index (χ4v) is 3.79. The molecule has 0 radical (unpaired) electrons. The van der Waals surface area contributed by atoms with Crippen molar-refractivity contribution in [1.82, 2.24) is 0 Å². The van der Waals surface area contributed by atoms with Crippen molar-refractivity contribution in [3.05, 3.63) is 77.4 Å². The summed E-state index contributed by atoms with van der Waals surface area (Å²) in [6.07, 6.45) is 3.80. The fraction of sp³-hybridized carbons (Fsp3) is 0.308. The third-order valence-electron chi connectivity index (χ3n) is 5.60. The topological polar surface area (TPSA) is 101 Å². The predicted octanol–water partition coefficient (Wildman–Crippen LogP) is 2.54. The minimum absolute atomic E-state index is 0.0362. The van der Waals surface area contributed by atoms with Gasteiger partial charge in [-0.2, -0.15) is 0 Å². The Hall–Kier alpha value is -3.46. The zero-order valence-corrected chi connectivity index (χ0v) is 18.7. The van der Waals surface area contributed by atoms with Gasteiger partial charge >= 0.3 is 11.9 Å². The van der Waals surface area contributed by atoms with E-state index in [1.807, 2.05) is 12.1 Å². The molecule has 8 heteroatoms. The van der Waals surface area contributed by atoms with Crippen molar-refractivity contribution in [3.63, 3.8) is 0 Å². The van der Waals surface area contributed by atoms with Gasteiger partial charge in [0.1, 0.15) is 18.0 Å². The van der Waals surface area contributed by atoms with Gasteiger partial charge in [-0.1, -0.05) is 36.4 Å². The number of fused-ring (bicyclic) bond motifs is 1. The summed E-state index contributed by atoms with van der Waals surface area (Å²) in [6.45, 7) is 0.292. The Kier molecular flexibility index (Phi) is 7.74. The number of methoxy groups -OCH3 is 1. The van der Waals surface area contributed by atoms with Crippen LogP contribution in [0, 0.1) is 0 Å². The second kappa shape index (κ2) is 11.1. The van der Waals surface area contributed by atoms with Crippen LogP contribution in [0.2, 0.25) is 0 Å². The summed E-state index contributed by atoms with van der Waals surface area (Å²) >= 11 is 0. The number of hydrogen-bond donors (Lipinski definition) is 1. The molecule has 178 valence electrons. The van der Waals surface area contributed by atoms with Gasteiger partial charge in [-0.15, -0.1) is 0 Å². The summed E-state index contributed by atoms with van der Waals surface area (Å²) in [7, 11) is 1.59. The summed E-state index contributed by atoms with van der Waals surface area (Å²) < 4.78 is 27.5. The molecule has 0 unspecified atom stereocenters. The largest absolute Gasteiger partial charge is 0.497 e. The van der Waals surface area contributed by atoms with Crippen LogP contribution in [0.1, 0.15) is 16.7 Å². The van der Waals surface area contributed by atoms with Gasteiger partial charge in [0.2, 0.25) is 0 Å². The van der Waals surface area contributed by atoms with Crippen molar-refractivity contribution in [2.45, 2.75) is 31.0 Å². The lowest BCUT2D eigenvalue weighted by Gasteiger charge is -2.16. The Morgan fingerprint density at radius 1 is 0.853 bits per heavy atom. The maximum Gasteiger partial charge on any atom is 0.331 e. The maximum absolute atomic E-state index is 12.3.